The molecule has 0 unspecified atom stereocenters. The number of rotatable bonds is 6. The summed E-state index contributed by atoms with van der Waals surface area (Å²) in [7, 11) is 3.65. The van der Waals surface area contributed by atoms with Gasteiger partial charge in [0.15, 0.2) is 0 Å². The van der Waals surface area contributed by atoms with Gasteiger partial charge in [-0.05, 0) is 67.7 Å². The molecule has 0 fully saturated rings. The number of hydrogen-bond donors (Lipinski definition) is 4. The van der Waals surface area contributed by atoms with Crippen LogP contribution in [0.5, 0.6) is 5.75 Å². The van der Waals surface area contributed by atoms with Crippen molar-refractivity contribution in [3.8, 4) is 39.5 Å². The van der Waals surface area contributed by atoms with Gasteiger partial charge in [-0.25, -0.2) is 14.4 Å². The third kappa shape index (κ3) is 4.78. The second kappa shape index (κ2) is 9.62. The number of aromatic hydroxyl groups is 1. The maximum Gasteiger partial charge on any atom is 0.238 e. The Labute approximate surface area is 221 Å². The predicted molar refractivity (Wildman–Crippen MR) is 146 cm³/mol. The quantitative estimate of drug-likeness (QED) is 0.251. The lowest BCUT2D eigenvalue weighted by Crippen LogP contribution is -2.27. The molecule has 11 heteroatoms. The lowest BCUT2D eigenvalue weighted by molar-refractivity contribution is -0.116. The van der Waals surface area contributed by atoms with Crippen LogP contribution in [0.3, 0.4) is 0 Å². The van der Waals surface area contributed by atoms with Crippen molar-refractivity contribution in [1.29, 1.82) is 0 Å². The molecule has 0 aliphatic heterocycles. The number of likely N-dealkylation sites (N-methyl/N-ethyl adjacent to an activating group) is 1. The molecule has 0 bridgehead atoms. The monoisotopic (exact) mass is 522 g/mol. The number of phenolic OH excluding ortho intramolecular Hbond substituents is 1. The van der Waals surface area contributed by atoms with Crippen LogP contribution in [-0.4, -0.2) is 66.7 Å². The molecule has 0 saturated heterocycles. The Morgan fingerprint density at radius 1 is 1.08 bits per heavy atom. The molecule has 1 aromatic carbocycles. The number of benzene rings is 1. The number of halogens is 1. The number of nitrogens with zero attached hydrogens (tertiary/aromatic N) is 5. The highest BCUT2D eigenvalue weighted by Crippen LogP contribution is 2.34. The lowest BCUT2D eigenvalue weighted by Gasteiger charge is -2.10. The van der Waals surface area contributed by atoms with Gasteiger partial charge in [-0.3, -0.25) is 14.9 Å². The number of aromatic amines is 2. The van der Waals surface area contributed by atoms with E-state index in [1.807, 2.05) is 38.4 Å². The fourth-order valence-corrected chi connectivity index (χ4v) is 4.52. The molecule has 5 aromatic heterocycles. The topological polar surface area (TPSA) is 136 Å². The van der Waals surface area contributed by atoms with Gasteiger partial charge in [0, 0.05) is 29.4 Å². The van der Waals surface area contributed by atoms with Gasteiger partial charge < -0.3 is 20.3 Å². The third-order valence-electron chi connectivity index (χ3n) is 6.17. The Hall–Kier alpha value is -5.16. The van der Waals surface area contributed by atoms with Crippen LogP contribution in [-0.2, 0) is 4.79 Å². The zero-order valence-corrected chi connectivity index (χ0v) is 21.0. The summed E-state index contributed by atoms with van der Waals surface area (Å²) in [6, 6.07) is 13.1. The zero-order chi connectivity index (χ0) is 27.1. The van der Waals surface area contributed by atoms with Gasteiger partial charge >= 0.3 is 0 Å². The summed E-state index contributed by atoms with van der Waals surface area (Å²) in [5, 5.41) is 21.0. The number of pyridine rings is 3. The first-order valence-corrected chi connectivity index (χ1v) is 12.1. The second-order valence-corrected chi connectivity index (χ2v) is 9.42. The van der Waals surface area contributed by atoms with Crippen LogP contribution in [0.25, 0.3) is 55.8 Å². The number of carbonyl (C=O) groups excluding carboxylic acids is 1. The molecule has 0 aliphatic rings. The largest absolute Gasteiger partial charge is 0.508 e. The molecule has 5 heterocycles. The maximum atomic E-state index is 14.0. The molecule has 0 spiro atoms. The van der Waals surface area contributed by atoms with E-state index in [-0.39, 0.29) is 18.2 Å². The predicted octanol–water partition coefficient (Wildman–Crippen LogP) is 4.58. The Balaban J connectivity index is 1.39. The Bertz CT molecular complexity index is 1840. The number of phenols is 1. The van der Waals surface area contributed by atoms with E-state index < -0.39 is 5.82 Å². The summed E-state index contributed by atoms with van der Waals surface area (Å²) in [5.74, 6) is -0.826. The summed E-state index contributed by atoms with van der Waals surface area (Å²) in [6.45, 7) is 0.258. The minimum atomic E-state index is -0.531. The standard InChI is InChI=1S/C28H23FN8O2/c1-37(2)14-25(39)32-18-8-16(12-30-13-18)22-3-4-23-26(33-22)27(36-35-23)24-11-21-20(5-6-31-28(21)34-24)15-7-17(29)10-19(38)9-15/h3-13,38H,14H2,1-2H3,(H,31,34)(H,32,39)(H,35,36). The fourth-order valence-electron chi connectivity index (χ4n) is 4.52. The minimum absolute atomic E-state index is 0.139. The van der Waals surface area contributed by atoms with Gasteiger partial charge in [0.05, 0.1) is 35.3 Å². The van der Waals surface area contributed by atoms with E-state index in [4.69, 9.17) is 4.98 Å². The number of nitrogens with one attached hydrogen (secondary N) is 3. The summed E-state index contributed by atoms with van der Waals surface area (Å²) in [4.78, 5) is 30.8. The third-order valence-corrected chi connectivity index (χ3v) is 6.17. The Kier molecular flexibility index (Phi) is 5.97. The highest BCUT2D eigenvalue weighted by atomic mass is 19.1. The molecule has 0 aliphatic carbocycles. The van der Waals surface area contributed by atoms with Gasteiger partial charge in [-0.15, -0.1) is 0 Å². The van der Waals surface area contributed by atoms with Crippen molar-refractivity contribution in [3.63, 3.8) is 0 Å². The number of H-pyrrole nitrogens is 2. The first-order valence-electron chi connectivity index (χ1n) is 12.1. The molecule has 10 nitrogen and oxygen atoms in total. The Morgan fingerprint density at radius 3 is 2.77 bits per heavy atom. The highest BCUT2D eigenvalue weighted by Gasteiger charge is 2.17. The van der Waals surface area contributed by atoms with Crippen LogP contribution < -0.4 is 5.32 Å². The van der Waals surface area contributed by atoms with Gasteiger partial charge in [0.25, 0.3) is 0 Å². The number of hydrogen-bond acceptors (Lipinski definition) is 7. The van der Waals surface area contributed by atoms with E-state index in [0.29, 0.717) is 45.1 Å². The summed E-state index contributed by atoms with van der Waals surface area (Å²) >= 11 is 0. The molecule has 1 amide bonds. The number of fused-ring (bicyclic) bond motifs is 2. The molecule has 4 N–H and O–H groups in total. The molecule has 0 saturated carbocycles. The number of amides is 1. The second-order valence-electron chi connectivity index (χ2n) is 9.42. The molecule has 0 atom stereocenters. The average molecular weight is 523 g/mol. The van der Waals surface area contributed by atoms with Crippen molar-refractivity contribution >= 4 is 33.7 Å². The average Bonchev–Trinajstić information content (AvgIpc) is 3.51. The van der Waals surface area contributed by atoms with E-state index >= 15 is 0 Å². The van der Waals surface area contributed by atoms with Crippen molar-refractivity contribution in [2.75, 3.05) is 26.0 Å². The molecular formula is C28H23FN8O2. The normalized spacial score (nSPS) is 11.5. The minimum Gasteiger partial charge on any atom is -0.508 e. The highest BCUT2D eigenvalue weighted by molar-refractivity contribution is 5.99. The molecule has 39 heavy (non-hydrogen) atoms. The number of aromatic nitrogens is 6. The first kappa shape index (κ1) is 24.2. The van der Waals surface area contributed by atoms with Crippen LogP contribution in [0.1, 0.15) is 0 Å². The van der Waals surface area contributed by atoms with Gasteiger partial charge in [-0.1, -0.05) is 0 Å². The molecule has 6 aromatic rings. The van der Waals surface area contributed by atoms with E-state index in [9.17, 15) is 14.3 Å². The van der Waals surface area contributed by atoms with Crippen LogP contribution >= 0.6 is 0 Å². The van der Waals surface area contributed by atoms with E-state index in [2.05, 4.69) is 30.5 Å². The van der Waals surface area contributed by atoms with E-state index in [1.54, 1.807) is 29.6 Å². The van der Waals surface area contributed by atoms with Crippen molar-refractivity contribution in [3.05, 3.63) is 72.9 Å². The van der Waals surface area contributed by atoms with Crippen LogP contribution in [0.2, 0.25) is 0 Å². The maximum absolute atomic E-state index is 14.0. The number of carbonyl (C=O) groups is 1. The Morgan fingerprint density at radius 2 is 1.95 bits per heavy atom. The van der Waals surface area contributed by atoms with Gasteiger partial charge in [-0.2, -0.15) is 5.10 Å². The van der Waals surface area contributed by atoms with Crippen molar-refractivity contribution in [2.45, 2.75) is 0 Å². The zero-order valence-electron chi connectivity index (χ0n) is 21.0. The SMILES string of the molecule is CN(C)CC(=O)Nc1cncc(-c2ccc3[nH]nc(-c4cc5c(-c6cc(O)cc(F)c6)ccnc5[nH]4)c3n2)c1. The van der Waals surface area contributed by atoms with Gasteiger partial charge in [0.2, 0.25) is 5.91 Å². The summed E-state index contributed by atoms with van der Waals surface area (Å²) in [5.41, 5.74) is 6.42. The number of anilines is 1. The molecule has 6 rings (SSSR count). The van der Waals surface area contributed by atoms with E-state index in [0.717, 1.165) is 22.5 Å². The molecule has 194 valence electrons. The van der Waals surface area contributed by atoms with Gasteiger partial charge in [0.1, 0.15) is 28.4 Å². The van der Waals surface area contributed by atoms with Crippen molar-refractivity contribution in [2.24, 2.45) is 0 Å². The lowest BCUT2D eigenvalue weighted by atomic mass is 10.0. The van der Waals surface area contributed by atoms with Crippen LogP contribution in [0.15, 0.2) is 67.1 Å². The summed E-state index contributed by atoms with van der Waals surface area (Å²) < 4.78 is 14.0. The van der Waals surface area contributed by atoms with Crippen LogP contribution in [0.4, 0.5) is 10.1 Å². The first-order chi connectivity index (χ1) is 18.8. The summed E-state index contributed by atoms with van der Waals surface area (Å²) in [6.07, 6.45) is 4.89. The van der Waals surface area contributed by atoms with Crippen LogP contribution in [0, 0.1) is 5.82 Å². The molecular weight excluding hydrogens is 499 g/mol. The van der Waals surface area contributed by atoms with Crippen molar-refractivity contribution in [1.82, 2.24) is 35.0 Å². The molecule has 0 radical (unpaired) electrons. The fraction of sp³-hybridized carbons (Fsp3) is 0.107. The smallest absolute Gasteiger partial charge is 0.238 e. The van der Waals surface area contributed by atoms with Crippen molar-refractivity contribution < 1.29 is 14.3 Å². The van der Waals surface area contributed by atoms with E-state index in [1.165, 1.54) is 12.1 Å².